The van der Waals surface area contributed by atoms with Crippen LogP contribution in [0.1, 0.15) is 36.3 Å². The Morgan fingerprint density at radius 3 is 2.91 bits per heavy atom. The lowest BCUT2D eigenvalue weighted by molar-refractivity contribution is 0.224. The molecule has 0 unspecified atom stereocenters. The maximum absolute atomic E-state index is 5.44. The molecule has 0 amide bonds. The van der Waals surface area contributed by atoms with Gasteiger partial charge in [0.2, 0.25) is 0 Å². The van der Waals surface area contributed by atoms with Gasteiger partial charge in [-0.05, 0) is 48.2 Å². The molecule has 0 radical (unpaired) electrons. The van der Waals surface area contributed by atoms with Gasteiger partial charge >= 0.3 is 0 Å². The highest BCUT2D eigenvalue weighted by molar-refractivity contribution is 5.34. The highest BCUT2D eigenvalue weighted by atomic mass is 16.3. The fraction of sp³-hybridized carbons (Fsp3) is 0.526. The van der Waals surface area contributed by atoms with Crippen LogP contribution in [-0.4, -0.2) is 34.9 Å². The highest BCUT2D eigenvalue weighted by Crippen LogP contribution is 2.23. The van der Waals surface area contributed by atoms with Crippen molar-refractivity contribution in [1.82, 2.24) is 14.8 Å². The molecule has 0 aromatic carbocycles. The minimum absolute atomic E-state index is 0.715. The molecule has 0 aliphatic carbocycles. The van der Waals surface area contributed by atoms with Crippen molar-refractivity contribution in [2.75, 3.05) is 20.1 Å². The molecule has 124 valence electrons. The third kappa shape index (κ3) is 4.21. The van der Waals surface area contributed by atoms with Crippen molar-refractivity contribution in [3.8, 4) is 0 Å². The molecule has 3 heterocycles. The van der Waals surface area contributed by atoms with Crippen molar-refractivity contribution in [3.05, 3.63) is 53.2 Å². The molecule has 0 atom stereocenters. The lowest BCUT2D eigenvalue weighted by Crippen LogP contribution is -2.34. The summed E-state index contributed by atoms with van der Waals surface area (Å²) in [5, 5.41) is 0. The molecule has 4 heteroatoms. The Balaban J connectivity index is 1.67. The summed E-state index contributed by atoms with van der Waals surface area (Å²) in [7, 11) is 2.13. The van der Waals surface area contributed by atoms with Crippen molar-refractivity contribution in [2.45, 2.75) is 39.9 Å². The van der Waals surface area contributed by atoms with Gasteiger partial charge in [-0.25, -0.2) is 0 Å². The second kappa shape index (κ2) is 7.28. The molecular weight excluding hydrogens is 286 g/mol. The fourth-order valence-electron chi connectivity index (χ4n) is 3.45. The van der Waals surface area contributed by atoms with Crippen molar-refractivity contribution >= 4 is 0 Å². The Kier molecular flexibility index (Phi) is 5.13. The first-order valence-electron chi connectivity index (χ1n) is 8.49. The molecule has 0 fully saturated rings. The number of hydrogen-bond donors (Lipinski definition) is 0. The van der Waals surface area contributed by atoms with Crippen molar-refractivity contribution in [2.24, 2.45) is 5.92 Å². The van der Waals surface area contributed by atoms with Gasteiger partial charge in [0.1, 0.15) is 5.76 Å². The molecule has 0 N–H and O–H groups in total. The quantitative estimate of drug-likeness (QED) is 0.819. The molecular formula is C19H27N3O. The van der Waals surface area contributed by atoms with Gasteiger partial charge in [0.05, 0.1) is 12.8 Å². The first-order chi connectivity index (χ1) is 11.1. The van der Waals surface area contributed by atoms with Gasteiger partial charge in [-0.3, -0.25) is 14.8 Å². The van der Waals surface area contributed by atoms with Gasteiger partial charge in [-0.1, -0.05) is 13.8 Å². The van der Waals surface area contributed by atoms with E-state index < -0.39 is 0 Å². The maximum Gasteiger partial charge on any atom is 0.117 e. The highest BCUT2D eigenvalue weighted by Gasteiger charge is 2.20. The molecule has 1 aliphatic rings. The lowest BCUT2D eigenvalue weighted by Gasteiger charge is -2.31. The molecule has 2 aromatic rings. The van der Waals surface area contributed by atoms with E-state index in [1.807, 2.05) is 18.3 Å². The van der Waals surface area contributed by atoms with Crippen LogP contribution in [0.2, 0.25) is 0 Å². The summed E-state index contributed by atoms with van der Waals surface area (Å²) in [6.45, 7) is 9.68. The van der Waals surface area contributed by atoms with E-state index in [0.717, 1.165) is 38.4 Å². The van der Waals surface area contributed by atoms with Crippen molar-refractivity contribution in [1.29, 1.82) is 0 Å². The number of hydrogen-bond acceptors (Lipinski definition) is 4. The van der Waals surface area contributed by atoms with E-state index in [2.05, 4.69) is 41.9 Å². The molecule has 23 heavy (non-hydrogen) atoms. The van der Waals surface area contributed by atoms with Crippen LogP contribution < -0.4 is 0 Å². The number of aromatic nitrogens is 1. The standard InChI is InChI=1S/C19H27N3O/c1-15(2)11-22-7-6-19-16(9-20-10-17(19)13-22)12-21(3)14-18-5-4-8-23-18/h4-5,8-10,15H,6-7,11-14H2,1-3H3. The van der Waals surface area contributed by atoms with Crippen LogP contribution in [0.15, 0.2) is 35.2 Å². The summed E-state index contributed by atoms with van der Waals surface area (Å²) >= 11 is 0. The lowest BCUT2D eigenvalue weighted by atomic mass is 9.96. The Morgan fingerprint density at radius 1 is 1.30 bits per heavy atom. The van der Waals surface area contributed by atoms with Gasteiger partial charge in [0, 0.05) is 38.6 Å². The number of nitrogens with zero attached hydrogens (tertiary/aromatic N) is 3. The van der Waals surface area contributed by atoms with E-state index in [1.165, 1.54) is 23.2 Å². The number of furan rings is 1. The minimum Gasteiger partial charge on any atom is -0.468 e. The molecule has 4 nitrogen and oxygen atoms in total. The van der Waals surface area contributed by atoms with Crippen molar-refractivity contribution < 1.29 is 4.42 Å². The van der Waals surface area contributed by atoms with E-state index >= 15 is 0 Å². The SMILES string of the molecule is CC(C)CN1CCc2c(CN(C)Cc3ccco3)cncc2C1. The van der Waals surface area contributed by atoms with Crippen LogP contribution in [-0.2, 0) is 26.1 Å². The number of fused-ring (bicyclic) bond motifs is 1. The average molecular weight is 313 g/mol. The predicted molar refractivity (Wildman–Crippen MR) is 91.9 cm³/mol. The first kappa shape index (κ1) is 16.2. The summed E-state index contributed by atoms with van der Waals surface area (Å²) in [5.41, 5.74) is 4.27. The monoisotopic (exact) mass is 313 g/mol. The third-order valence-electron chi connectivity index (χ3n) is 4.38. The van der Waals surface area contributed by atoms with Crippen LogP contribution in [0, 0.1) is 5.92 Å². The summed E-state index contributed by atoms with van der Waals surface area (Å²) < 4.78 is 5.44. The Hall–Kier alpha value is -1.65. The van der Waals surface area contributed by atoms with E-state index in [4.69, 9.17) is 4.42 Å². The number of rotatable bonds is 6. The molecule has 0 bridgehead atoms. The average Bonchev–Trinajstić information content (AvgIpc) is 2.99. The molecule has 3 rings (SSSR count). The largest absolute Gasteiger partial charge is 0.468 e. The van der Waals surface area contributed by atoms with Gasteiger partial charge in [0.25, 0.3) is 0 Å². The normalized spacial score (nSPS) is 15.3. The molecule has 0 saturated heterocycles. The van der Waals surface area contributed by atoms with E-state index in [-0.39, 0.29) is 0 Å². The Morgan fingerprint density at radius 2 is 2.17 bits per heavy atom. The Labute approximate surface area is 139 Å². The summed E-state index contributed by atoms with van der Waals surface area (Å²) in [4.78, 5) is 9.32. The zero-order chi connectivity index (χ0) is 16.2. The summed E-state index contributed by atoms with van der Waals surface area (Å²) in [6, 6.07) is 3.97. The van der Waals surface area contributed by atoms with E-state index in [1.54, 1.807) is 6.26 Å². The van der Waals surface area contributed by atoms with Crippen LogP contribution in [0.25, 0.3) is 0 Å². The zero-order valence-electron chi connectivity index (χ0n) is 14.5. The molecule has 1 aliphatic heterocycles. The topological polar surface area (TPSA) is 32.5 Å². The van der Waals surface area contributed by atoms with Gasteiger partial charge in [-0.15, -0.1) is 0 Å². The van der Waals surface area contributed by atoms with Crippen LogP contribution in [0.3, 0.4) is 0 Å². The second-order valence-corrected chi connectivity index (χ2v) is 7.07. The van der Waals surface area contributed by atoms with Crippen molar-refractivity contribution in [3.63, 3.8) is 0 Å². The summed E-state index contributed by atoms with van der Waals surface area (Å²) in [5.74, 6) is 1.72. The Bertz CT molecular complexity index is 622. The molecule has 0 spiro atoms. The molecule has 2 aromatic heterocycles. The maximum atomic E-state index is 5.44. The van der Waals surface area contributed by atoms with Gasteiger partial charge in [0.15, 0.2) is 0 Å². The predicted octanol–water partition coefficient (Wildman–Crippen LogP) is 3.32. The van der Waals surface area contributed by atoms with Crippen LogP contribution in [0.4, 0.5) is 0 Å². The van der Waals surface area contributed by atoms with Crippen LogP contribution >= 0.6 is 0 Å². The third-order valence-corrected chi connectivity index (χ3v) is 4.38. The smallest absolute Gasteiger partial charge is 0.117 e. The number of pyridine rings is 1. The fourth-order valence-corrected chi connectivity index (χ4v) is 3.45. The summed E-state index contributed by atoms with van der Waals surface area (Å²) in [6.07, 6.45) is 6.96. The van der Waals surface area contributed by atoms with E-state index in [0.29, 0.717) is 5.92 Å². The van der Waals surface area contributed by atoms with E-state index in [9.17, 15) is 0 Å². The second-order valence-electron chi connectivity index (χ2n) is 7.07. The molecule has 0 saturated carbocycles. The van der Waals surface area contributed by atoms with Crippen LogP contribution in [0.5, 0.6) is 0 Å². The minimum atomic E-state index is 0.715. The first-order valence-corrected chi connectivity index (χ1v) is 8.49. The van der Waals surface area contributed by atoms with Gasteiger partial charge < -0.3 is 4.42 Å². The van der Waals surface area contributed by atoms with Gasteiger partial charge in [-0.2, -0.15) is 0 Å². The zero-order valence-corrected chi connectivity index (χ0v) is 14.5.